The van der Waals surface area contributed by atoms with Crippen molar-refractivity contribution in [1.29, 1.82) is 0 Å². The van der Waals surface area contributed by atoms with E-state index in [1.54, 1.807) is 6.26 Å². The van der Waals surface area contributed by atoms with Crippen LogP contribution in [-0.4, -0.2) is 71.2 Å². The van der Waals surface area contributed by atoms with Gasteiger partial charge in [-0.1, -0.05) is 23.1 Å². The van der Waals surface area contributed by atoms with Gasteiger partial charge in [-0.25, -0.2) is 0 Å². The fourth-order valence-corrected chi connectivity index (χ4v) is 3.85. The van der Waals surface area contributed by atoms with Crippen LogP contribution in [0.3, 0.4) is 0 Å². The van der Waals surface area contributed by atoms with Crippen molar-refractivity contribution in [2.75, 3.05) is 12.9 Å². The number of carbonyl (C=O) groups excluding carboxylic acids is 5. The predicted octanol–water partition coefficient (Wildman–Crippen LogP) is 1.22. The number of rotatable bonds is 11. The van der Waals surface area contributed by atoms with Gasteiger partial charge in [0.05, 0.1) is 0 Å². The van der Waals surface area contributed by atoms with Gasteiger partial charge in [0, 0.05) is 34.6 Å². The molecule has 32 heavy (non-hydrogen) atoms. The molecule has 1 aromatic rings. The van der Waals surface area contributed by atoms with Gasteiger partial charge < -0.3 is 23.7 Å². The summed E-state index contributed by atoms with van der Waals surface area (Å²) in [7, 11) is 0. The molecule has 12 nitrogen and oxygen atoms in total. The zero-order valence-electron chi connectivity index (χ0n) is 18.3. The van der Waals surface area contributed by atoms with Crippen LogP contribution < -0.4 is 0 Å². The first kappa shape index (κ1) is 27.3. The third-order valence-corrected chi connectivity index (χ3v) is 5.45. The Morgan fingerprint density at radius 3 is 1.75 bits per heavy atom. The summed E-state index contributed by atoms with van der Waals surface area (Å²) in [5.41, 5.74) is 0. The Morgan fingerprint density at radius 1 is 0.781 bits per heavy atom. The summed E-state index contributed by atoms with van der Waals surface area (Å²) in [6, 6.07) is 0. The normalized spacial score (nSPS) is 14.3. The minimum absolute atomic E-state index is 0.141. The van der Waals surface area contributed by atoms with Crippen molar-refractivity contribution in [3.05, 3.63) is 5.01 Å². The summed E-state index contributed by atoms with van der Waals surface area (Å²) < 4.78 is 26.6. The molecule has 0 bridgehead atoms. The highest BCUT2D eigenvalue weighted by Gasteiger charge is 2.46. The smallest absolute Gasteiger partial charge is 0.303 e. The number of hydrogen-bond acceptors (Lipinski definition) is 14. The minimum atomic E-state index is -1.52. The van der Waals surface area contributed by atoms with Crippen LogP contribution in [0.25, 0.3) is 0 Å². The summed E-state index contributed by atoms with van der Waals surface area (Å²) in [5.74, 6) is -3.87. The molecule has 0 radical (unpaired) electrons. The van der Waals surface area contributed by atoms with E-state index in [9.17, 15) is 24.0 Å². The molecule has 0 aliphatic rings. The van der Waals surface area contributed by atoms with E-state index >= 15 is 0 Å². The van der Waals surface area contributed by atoms with Gasteiger partial charge in [0.2, 0.25) is 0 Å². The van der Waals surface area contributed by atoms with Crippen LogP contribution in [0.1, 0.15) is 45.7 Å². The Kier molecular flexibility index (Phi) is 11.1. The molecular formula is C18H24N2O10S2. The Hall–Kier alpha value is -2.74. The number of ether oxygens (including phenoxy) is 5. The van der Waals surface area contributed by atoms with E-state index in [1.807, 2.05) is 0 Å². The lowest BCUT2D eigenvalue weighted by atomic mass is 10.0. The minimum Gasteiger partial charge on any atom is -0.462 e. The fraction of sp³-hybridized carbons (Fsp3) is 0.611. The van der Waals surface area contributed by atoms with Crippen LogP contribution in [0.5, 0.6) is 0 Å². The second-order valence-electron chi connectivity index (χ2n) is 6.24. The lowest BCUT2D eigenvalue weighted by Crippen LogP contribution is -2.50. The highest BCUT2D eigenvalue weighted by molar-refractivity contribution is 8.00. The topological polar surface area (TPSA) is 157 Å². The van der Waals surface area contributed by atoms with E-state index in [-0.39, 0.29) is 5.01 Å². The molecule has 0 amide bonds. The zero-order valence-corrected chi connectivity index (χ0v) is 19.9. The van der Waals surface area contributed by atoms with Crippen molar-refractivity contribution >= 4 is 52.9 Å². The zero-order chi connectivity index (χ0) is 24.4. The molecule has 0 fully saturated rings. The Morgan fingerprint density at radius 2 is 1.31 bits per heavy atom. The molecule has 0 aliphatic heterocycles. The van der Waals surface area contributed by atoms with Crippen LogP contribution in [-0.2, 0) is 47.7 Å². The Balaban J connectivity index is 3.55. The van der Waals surface area contributed by atoms with Crippen molar-refractivity contribution in [3.8, 4) is 0 Å². The van der Waals surface area contributed by atoms with Gasteiger partial charge in [-0.15, -0.1) is 10.2 Å². The van der Waals surface area contributed by atoms with Gasteiger partial charge in [0.15, 0.2) is 33.8 Å². The van der Waals surface area contributed by atoms with Crippen molar-refractivity contribution in [1.82, 2.24) is 10.2 Å². The van der Waals surface area contributed by atoms with Crippen LogP contribution in [0.4, 0.5) is 0 Å². The van der Waals surface area contributed by atoms with Gasteiger partial charge in [-0.05, 0) is 6.26 Å². The number of nitrogens with zero attached hydrogens (tertiary/aromatic N) is 2. The van der Waals surface area contributed by atoms with E-state index in [0.29, 0.717) is 4.34 Å². The van der Waals surface area contributed by atoms with Crippen molar-refractivity contribution in [3.63, 3.8) is 0 Å². The summed E-state index contributed by atoms with van der Waals surface area (Å²) >= 11 is 2.34. The van der Waals surface area contributed by atoms with Crippen LogP contribution in [0.2, 0.25) is 0 Å². The van der Waals surface area contributed by atoms with Crippen LogP contribution in [0.15, 0.2) is 4.34 Å². The average molecular weight is 493 g/mol. The summed E-state index contributed by atoms with van der Waals surface area (Å²) in [6.07, 6.45) is -4.04. The number of thioether (sulfide) groups is 1. The molecule has 178 valence electrons. The van der Waals surface area contributed by atoms with Gasteiger partial charge in [-0.3, -0.25) is 24.0 Å². The number of hydrogen-bond donors (Lipinski definition) is 0. The van der Waals surface area contributed by atoms with Crippen molar-refractivity contribution in [2.45, 2.75) is 63.4 Å². The maximum absolute atomic E-state index is 11.9. The third kappa shape index (κ3) is 9.18. The van der Waals surface area contributed by atoms with Gasteiger partial charge in [-0.2, -0.15) is 0 Å². The largest absolute Gasteiger partial charge is 0.462 e. The van der Waals surface area contributed by atoms with Crippen molar-refractivity contribution < 1.29 is 47.7 Å². The molecule has 1 rings (SSSR count). The molecule has 1 aromatic heterocycles. The Labute approximate surface area is 192 Å². The lowest BCUT2D eigenvalue weighted by Gasteiger charge is -2.34. The first-order chi connectivity index (χ1) is 14.9. The number of aromatic nitrogens is 2. The standard InChI is InChI=1S/C18H24N2O10S2/c1-8(21)26-7-13(27-9(2)22)14(28-10(3)23)15(29-11(4)24)16(30-12(5)25)17-19-20-18(31-6)32-17/h13-16H,7H2,1-6H3/t13-,14-,15+,16-/m1/s1. The van der Waals surface area contributed by atoms with E-state index in [0.717, 1.165) is 46.0 Å². The summed E-state index contributed by atoms with van der Waals surface area (Å²) in [5, 5.41) is 8.05. The van der Waals surface area contributed by atoms with Gasteiger partial charge >= 0.3 is 29.8 Å². The molecule has 0 N–H and O–H groups in total. The van der Waals surface area contributed by atoms with Gasteiger partial charge in [0.1, 0.15) is 6.61 Å². The fourth-order valence-electron chi connectivity index (χ4n) is 2.50. The highest BCUT2D eigenvalue weighted by atomic mass is 32.2. The number of carbonyl (C=O) groups is 5. The van der Waals surface area contributed by atoms with E-state index in [2.05, 4.69) is 10.2 Å². The van der Waals surface area contributed by atoms with E-state index in [1.165, 1.54) is 11.8 Å². The summed E-state index contributed by atoms with van der Waals surface area (Å²) in [4.78, 5) is 58.6. The molecule has 0 unspecified atom stereocenters. The maximum atomic E-state index is 11.9. The average Bonchev–Trinajstić information content (AvgIpc) is 3.14. The predicted molar refractivity (Wildman–Crippen MR) is 109 cm³/mol. The first-order valence-electron chi connectivity index (χ1n) is 9.14. The summed E-state index contributed by atoms with van der Waals surface area (Å²) in [6.45, 7) is 4.98. The third-order valence-electron chi connectivity index (χ3n) is 3.49. The molecule has 0 aromatic carbocycles. The van der Waals surface area contributed by atoms with Crippen LogP contribution in [0, 0.1) is 0 Å². The van der Waals surface area contributed by atoms with E-state index < -0.39 is 60.9 Å². The maximum Gasteiger partial charge on any atom is 0.303 e. The van der Waals surface area contributed by atoms with Gasteiger partial charge in [0.25, 0.3) is 0 Å². The molecule has 0 saturated heterocycles. The van der Waals surface area contributed by atoms with Crippen LogP contribution >= 0.6 is 23.1 Å². The highest BCUT2D eigenvalue weighted by Crippen LogP contribution is 2.33. The Bertz CT molecular complexity index is 843. The monoisotopic (exact) mass is 492 g/mol. The lowest BCUT2D eigenvalue weighted by molar-refractivity contribution is -0.203. The van der Waals surface area contributed by atoms with Crippen molar-refractivity contribution in [2.24, 2.45) is 0 Å². The molecule has 14 heteroatoms. The second kappa shape index (κ2) is 13.0. The van der Waals surface area contributed by atoms with E-state index in [4.69, 9.17) is 23.7 Å². The SMILES string of the molecule is CSc1nnc([C@H](OC(C)=O)[C@@H](OC(C)=O)[C@H](OC(C)=O)[C@@H](COC(C)=O)OC(C)=O)s1. The number of esters is 5. The quantitative estimate of drug-likeness (QED) is 0.247. The second-order valence-corrected chi connectivity index (χ2v) is 8.30. The molecule has 0 saturated carbocycles. The molecule has 0 aliphatic carbocycles. The molecule has 1 heterocycles. The molecule has 0 spiro atoms. The first-order valence-corrected chi connectivity index (χ1v) is 11.2. The molecular weight excluding hydrogens is 468 g/mol. The molecule has 4 atom stereocenters.